The van der Waals surface area contributed by atoms with Gasteiger partial charge in [-0.3, -0.25) is 48.8 Å². The molecule has 0 aliphatic carbocycles. The molecular formula is C37H61N5O11. The van der Waals surface area contributed by atoms with E-state index in [2.05, 4.69) is 5.32 Å². The van der Waals surface area contributed by atoms with Gasteiger partial charge in [-0.05, 0) is 88.6 Å². The van der Waals surface area contributed by atoms with Gasteiger partial charge >= 0.3 is 23.9 Å². The Balaban J connectivity index is 3.28. The molecule has 0 saturated carbocycles. The molecule has 0 spiro atoms. The van der Waals surface area contributed by atoms with E-state index in [9.17, 15) is 34.1 Å². The number of nitro groups is 1. The topological polar surface area (TPSA) is 187 Å². The van der Waals surface area contributed by atoms with Crippen molar-refractivity contribution in [3.63, 3.8) is 0 Å². The quantitative estimate of drug-likeness (QED) is 0.0937. The number of amides is 1. The van der Waals surface area contributed by atoms with Crippen molar-refractivity contribution in [3.05, 3.63) is 39.9 Å². The van der Waals surface area contributed by atoms with E-state index < -0.39 is 51.2 Å². The van der Waals surface area contributed by atoms with Crippen LogP contribution >= 0.6 is 0 Å². The summed E-state index contributed by atoms with van der Waals surface area (Å²) < 4.78 is 22.0. The number of carbonyl (C=O) groups is 5. The normalized spacial score (nSPS) is 12.4. The largest absolute Gasteiger partial charge is 0.459 e. The van der Waals surface area contributed by atoms with Crippen molar-refractivity contribution in [3.8, 4) is 0 Å². The van der Waals surface area contributed by atoms with Gasteiger partial charge < -0.3 is 24.3 Å². The summed E-state index contributed by atoms with van der Waals surface area (Å²) in [6.45, 7) is 20.6. The molecule has 0 atom stereocenters. The Kier molecular flexibility index (Phi) is 18.0. The molecule has 0 radical (unpaired) electrons. The van der Waals surface area contributed by atoms with Gasteiger partial charge in [-0.25, -0.2) is 0 Å². The molecule has 16 nitrogen and oxygen atoms in total. The molecule has 1 N–H and O–H groups in total. The Labute approximate surface area is 313 Å². The van der Waals surface area contributed by atoms with Crippen LogP contribution in [0.5, 0.6) is 0 Å². The molecule has 1 aromatic rings. The minimum Gasteiger partial charge on any atom is -0.459 e. The van der Waals surface area contributed by atoms with Crippen molar-refractivity contribution >= 4 is 35.5 Å². The van der Waals surface area contributed by atoms with E-state index in [0.29, 0.717) is 5.56 Å². The molecule has 0 heterocycles. The fourth-order valence-corrected chi connectivity index (χ4v) is 4.68. The Morgan fingerprint density at radius 3 is 1.13 bits per heavy atom. The number of non-ortho nitro benzene ring substituents is 1. The first-order chi connectivity index (χ1) is 24.1. The predicted octanol–water partition coefficient (Wildman–Crippen LogP) is 3.48. The van der Waals surface area contributed by atoms with E-state index in [1.807, 2.05) is 0 Å². The van der Waals surface area contributed by atoms with Gasteiger partial charge in [0.15, 0.2) is 0 Å². The fourth-order valence-electron chi connectivity index (χ4n) is 4.68. The van der Waals surface area contributed by atoms with Crippen LogP contribution < -0.4 is 5.32 Å². The van der Waals surface area contributed by atoms with Crippen molar-refractivity contribution < 1.29 is 47.8 Å². The summed E-state index contributed by atoms with van der Waals surface area (Å²) >= 11 is 0. The number of hydrogen-bond donors (Lipinski definition) is 1. The maximum Gasteiger partial charge on any atom is 0.320 e. The highest BCUT2D eigenvalue weighted by molar-refractivity contribution is 5.78. The van der Waals surface area contributed by atoms with Crippen LogP contribution in [0.2, 0.25) is 0 Å². The van der Waals surface area contributed by atoms with Gasteiger partial charge in [-0.15, -0.1) is 0 Å². The van der Waals surface area contributed by atoms with Crippen molar-refractivity contribution in [1.82, 2.24) is 20.0 Å². The van der Waals surface area contributed by atoms with Crippen LogP contribution in [-0.2, 0) is 49.5 Å². The lowest BCUT2D eigenvalue weighted by Crippen LogP contribution is -2.48. The second-order valence-corrected chi connectivity index (χ2v) is 16.7. The van der Waals surface area contributed by atoms with Gasteiger partial charge in [0.05, 0.1) is 37.6 Å². The number of benzene rings is 1. The Morgan fingerprint density at radius 2 is 0.849 bits per heavy atom. The predicted molar refractivity (Wildman–Crippen MR) is 198 cm³/mol. The SMILES string of the molecule is CC(C)(C)OC(=O)CN(CCN(CCN(CC(=O)OC(C)(C)C)CC(=O)OC(C)(C)C)CC(=O)NCc1ccc([N+](=O)[O-])cc1)CC(=O)OC(C)(C)C. The number of nitrogens with one attached hydrogen (secondary N) is 1. The molecule has 0 fully saturated rings. The van der Waals surface area contributed by atoms with Crippen LogP contribution in [0.15, 0.2) is 24.3 Å². The summed E-state index contributed by atoms with van der Waals surface area (Å²) in [6, 6.07) is 5.79. The minimum absolute atomic E-state index is 0.0733. The molecule has 1 rings (SSSR count). The summed E-state index contributed by atoms with van der Waals surface area (Å²) in [4.78, 5) is 80.0. The molecule has 300 valence electrons. The Morgan fingerprint density at radius 1 is 0.547 bits per heavy atom. The molecule has 1 aromatic carbocycles. The number of ether oxygens (including phenoxy) is 4. The average molecular weight is 752 g/mol. The summed E-state index contributed by atoms with van der Waals surface area (Å²) in [7, 11) is 0. The van der Waals surface area contributed by atoms with Crippen molar-refractivity contribution in [2.45, 2.75) is 112 Å². The van der Waals surface area contributed by atoms with Gasteiger partial charge in [-0.1, -0.05) is 12.1 Å². The third kappa shape index (κ3) is 23.9. The maximum absolute atomic E-state index is 13.2. The molecule has 1 amide bonds. The van der Waals surface area contributed by atoms with Gasteiger partial charge in [0, 0.05) is 44.9 Å². The third-order valence-corrected chi connectivity index (χ3v) is 6.56. The van der Waals surface area contributed by atoms with Gasteiger partial charge in [0.2, 0.25) is 5.91 Å². The van der Waals surface area contributed by atoms with Crippen molar-refractivity contribution in [2.75, 3.05) is 58.9 Å². The number of nitrogens with zero attached hydrogens (tertiary/aromatic N) is 4. The first kappa shape index (κ1) is 46.9. The first-order valence-corrected chi connectivity index (χ1v) is 17.6. The summed E-state index contributed by atoms with van der Waals surface area (Å²) in [5.74, 6) is -2.56. The highest BCUT2D eigenvalue weighted by Gasteiger charge is 2.27. The van der Waals surface area contributed by atoms with Crippen LogP contribution in [0.25, 0.3) is 0 Å². The van der Waals surface area contributed by atoms with E-state index in [1.54, 1.807) is 110 Å². The fraction of sp³-hybridized carbons (Fsp3) is 0.703. The first-order valence-electron chi connectivity index (χ1n) is 17.6. The standard InChI is InChI=1S/C37H61N5O11/c1-34(2,3)50-30(44)23-40(24-31(45)51-35(4,5)6)19-17-39(22-29(43)38-21-27-13-15-28(16-14-27)42(48)49)18-20-41(25-32(46)52-36(7,8)9)26-33(47)53-37(10,11)12/h13-16H,17-26H2,1-12H3,(H,38,43). The molecule has 0 aliphatic heterocycles. The molecule has 0 unspecified atom stereocenters. The van der Waals surface area contributed by atoms with E-state index in [0.717, 1.165) is 0 Å². The molecule has 0 saturated heterocycles. The monoisotopic (exact) mass is 751 g/mol. The van der Waals surface area contributed by atoms with E-state index in [-0.39, 0.29) is 77.0 Å². The minimum atomic E-state index is -0.756. The lowest BCUT2D eigenvalue weighted by atomic mass is 10.2. The number of rotatable bonds is 19. The zero-order chi connectivity index (χ0) is 40.8. The van der Waals surface area contributed by atoms with Crippen LogP contribution in [0.3, 0.4) is 0 Å². The van der Waals surface area contributed by atoms with Crippen LogP contribution in [-0.4, -0.2) is 131 Å². The third-order valence-electron chi connectivity index (χ3n) is 6.56. The van der Waals surface area contributed by atoms with Crippen molar-refractivity contribution in [1.29, 1.82) is 0 Å². The Hall–Kier alpha value is -4.15. The molecule has 0 bridgehead atoms. The van der Waals surface area contributed by atoms with Gasteiger partial charge in [0.25, 0.3) is 5.69 Å². The number of esters is 4. The number of carbonyl (C=O) groups excluding carboxylic acids is 5. The highest BCUT2D eigenvalue weighted by atomic mass is 16.6. The summed E-state index contributed by atoms with van der Waals surface area (Å²) in [5, 5.41) is 13.8. The Bertz CT molecular complexity index is 1260. The molecule has 16 heteroatoms. The zero-order valence-electron chi connectivity index (χ0n) is 33.7. The number of nitro benzene ring substituents is 1. The van der Waals surface area contributed by atoms with E-state index in [1.165, 1.54) is 12.1 Å². The zero-order valence-corrected chi connectivity index (χ0v) is 33.7. The van der Waals surface area contributed by atoms with E-state index in [4.69, 9.17) is 18.9 Å². The molecule has 53 heavy (non-hydrogen) atoms. The summed E-state index contributed by atoms with van der Waals surface area (Å²) in [5.41, 5.74) is -2.45. The molecular weight excluding hydrogens is 690 g/mol. The van der Waals surface area contributed by atoms with Crippen LogP contribution in [0.1, 0.15) is 88.6 Å². The number of hydrogen-bond acceptors (Lipinski definition) is 14. The van der Waals surface area contributed by atoms with E-state index >= 15 is 0 Å². The molecule has 0 aliphatic rings. The second kappa shape index (κ2) is 20.3. The smallest absolute Gasteiger partial charge is 0.320 e. The molecule has 0 aromatic heterocycles. The lowest BCUT2D eigenvalue weighted by Gasteiger charge is -2.30. The average Bonchev–Trinajstić information content (AvgIpc) is 2.93. The van der Waals surface area contributed by atoms with Gasteiger partial charge in [0.1, 0.15) is 22.4 Å². The second-order valence-electron chi connectivity index (χ2n) is 16.7. The lowest BCUT2D eigenvalue weighted by molar-refractivity contribution is -0.384. The van der Waals surface area contributed by atoms with Gasteiger partial charge in [-0.2, -0.15) is 0 Å². The summed E-state index contributed by atoms with van der Waals surface area (Å²) in [6.07, 6.45) is 0. The highest BCUT2D eigenvalue weighted by Crippen LogP contribution is 2.13. The van der Waals surface area contributed by atoms with Crippen LogP contribution in [0, 0.1) is 10.1 Å². The maximum atomic E-state index is 13.2. The van der Waals surface area contributed by atoms with Crippen molar-refractivity contribution in [2.24, 2.45) is 0 Å². The van der Waals surface area contributed by atoms with Crippen LogP contribution in [0.4, 0.5) is 5.69 Å².